The molecule has 3 heterocycles. The Kier molecular flexibility index (Phi) is 5.29. The molecule has 0 unspecified atom stereocenters. The number of nitrogens with one attached hydrogen (secondary N) is 1. The lowest BCUT2D eigenvalue weighted by molar-refractivity contribution is -0.117. The average Bonchev–Trinajstić information content (AvgIpc) is 3.44. The molecule has 5 rings (SSSR count). The largest absolute Gasteiger partial charge is 0.487 e. The minimum absolute atomic E-state index is 0.0822. The third-order valence-corrected chi connectivity index (χ3v) is 5.43. The molecule has 7 nitrogen and oxygen atoms in total. The highest BCUT2D eigenvalue weighted by atomic mass is 16.5. The van der Waals surface area contributed by atoms with Crippen molar-refractivity contribution in [2.75, 3.05) is 16.8 Å². The lowest BCUT2D eigenvalue weighted by Gasteiger charge is -2.20. The third-order valence-electron chi connectivity index (χ3n) is 5.43. The van der Waals surface area contributed by atoms with Gasteiger partial charge in [0.1, 0.15) is 18.0 Å². The average molecular weight is 426 g/mol. The molecule has 0 aliphatic carbocycles. The Morgan fingerprint density at radius 3 is 2.62 bits per heavy atom. The van der Waals surface area contributed by atoms with Crippen LogP contribution in [0.2, 0.25) is 0 Å². The number of anilines is 2. The fourth-order valence-electron chi connectivity index (χ4n) is 3.83. The summed E-state index contributed by atoms with van der Waals surface area (Å²) >= 11 is 0. The van der Waals surface area contributed by atoms with Gasteiger partial charge in [-0.15, -0.1) is 0 Å². The Hall–Kier alpha value is -4.13. The van der Waals surface area contributed by atoms with Crippen LogP contribution in [0.1, 0.15) is 28.9 Å². The van der Waals surface area contributed by atoms with Crippen LogP contribution in [-0.4, -0.2) is 27.7 Å². The van der Waals surface area contributed by atoms with Gasteiger partial charge in [-0.05, 0) is 55.0 Å². The van der Waals surface area contributed by atoms with E-state index in [1.807, 2.05) is 59.3 Å². The van der Waals surface area contributed by atoms with E-state index in [0.717, 1.165) is 23.4 Å². The van der Waals surface area contributed by atoms with Gasteiger partial charge in [0, 0.05) is 30.9 Å². The first-order valence-electron chi connectivity index (χ1n) is 10.5. The van der Waals surface area contributed by atoms with Crippen LogP contribution in [0.15, 0.2) is 79.1 Å². The Balaban J connectivity index is 1.24. The van der Waals surface area contributed by atoms with E-state index in [0.29, 0.717) is 36.6 Å². The molecular weight excluding hydrogens is 404 g/mol. The molecule has 2 amide bonds. The number of hydrogen-bond donors (Lipinski definition) is 1. The molecule has 0 radical (unpaired) electrons. The van der Waals surface area contributed by atoms with Gasteiger partial charge in [-0.25, -0.2) is 4.98 Å². The predicted octanol–water partition coefficient (Wildman–Crippen LogP) is 4.29. The second kappa shape index (κ2) is 8.55. The number of amides is 2. The number of benzene rings is 2. The van der Waals surface area contributed by atoms with Gasteiger partial charge in [-0.2, -0.15) is 0 Å². The van der Waals surface area contributed by atoms with Crippen molar-refractivity contribution in [3.63, 3.8) is 0 Å². The van der Waals surface area contributed by atoms with Gasteiger partial charge in [0.15, 0.2) is 0 Å². The lowest BCUT2D eigenvalue weighted by Crippen LogP contribution is -2.25. The third kappa shape index (κ3) is 4.05. The molecule has 1 N–H and O–H groups in total. The van der Waals surface area contributed by atoms with E-state index in [4.69, 9.17) is 4.74 Å². The van der Waals surface area contributed by atoms with Gasteiger partial charge < -0.3 is 19.4 Å². The minimum atomic E-state index is -0.240. The van der Waals surface area contributed by atoms with Crippen molar-refractivity contribution >= 4 is 28.8 Å². The summed E-state index contributed by atoms with van der Waals surface area (Å²) in [6, 6.07) is 20.2. The minimum Gasteiger partial charge on any atom is -0.487 e. The van der Waals surface area contributed by atoms with E-state index >= 15 is 0 Å². The number of aromatic nitrogens is 2. The maximum Gasteiger partial charge on any atom is 0.255 e. The second-order valence-corrected chi connectivity index (χ2v) is 7.63. The molecule has 1 saturated heterocycles. The number of hydrogen-bond acceptors (Lipinski definition) is 4. The summed E-state index contributed by atoms with van der Waals surface area (Å²) in [5, 5.41) is 2.93. The number of rotatable bonds is 6. The SMILES string of the molecule is O=C(Nc1ccccc1N1CCCC1=O)c1ccc(OCc2cn3ccccc3n2)cc1. The highest BCUT2D eigenvalue weighted by molar-refractivity contribution is 6.08. The zero-order valence-electron chi connectivity index (χ0n) is 17.4. The molecule has 32 heavy (non-hydrogen) atoms. The fraction of sp³-hybridized carbons (Fsp3) is 0.160. The summed E-state index contributed by atoms with van der Waals surface area (Å²) in [6.07, 6.45) is 5.24. The van der Waals surface area contributed by atoms with Gasteiger partial charge in [-0.1, -0.05) is 18.2 Å². The number of carbonyl (C=O) groups excluding carboxylic acids is 2. The number of para-hydroxylation sites is 2. The number of pyridine rings is 1. The zero-order chi connectivity index (χ0) is 21.9. The first kappa shape index (κ1) is 19.8. The van der Waals surface area contributed by atoms with Crippen molar-refractivity contribution in [1.82, 2.24) is 9.38 Å². The number of carbonyl (C=O) groups is 2. The molecule has 0 bridgehead atoms. The first-order chi connectivity index (χ1) is 15.7. The number of imidazole rings is 1. The maximum absolute atomic E-state index is 12.8. The zero-order valence-corrected chi connectivity index (χ0v) is 17.4. The fourth-order valence-corrected chi connectivity index (χ4v) is 3.83. The van der Waals surface area contributed by atoms with E-state index in [1.165, 1.54) is 0 Å². The molecule has 7 heteroatoms. The molecular formula is C25H22N4O3. The van der Waals surface area contributed by atoms with E-state index in [1.54, 1.807) is 29.2 Å². The molecule has 0 saturated carbocycles. The van der Waals surface area contributed by atoms with Crippen molar-refractivity contribution < 1.29 is 14.3 Å². The van der Waals surface area contributed by atoms with Gasteiger partial charge in [0.25, 0.3) is 5.91 Å². The van der Waals surface area contributed by atoms with Crippen LogP contribution in [0.4, 0.5) is 11.4 Å². The van der Waals surface area contributed by atoms with Crippen molar-refractivity contribution in [1.29, 1.82) is 0 Å². The summed E-state index contributed by atoms with van der Waals surface area (Å²) in [5.41, 5.74) is 3.56. The van der Waals surface area contributed by atoms with Crippen LogP contribution >= 0.6 is 0 Å². The normalized spacial score (nSPS) is 13.5. The lowest BCUT2D eigenvalue weighted by atomic mass is 10.2. The Bertz CT molecular complexity index is 1250. The summed E-state index contributed by atoms with van der Waals surface area (Å²) in [6.45, 7) is 1.01. The number of nitrogens with zero attached hydrogens (tertiary/aromatic N) is 3. The molecule has 0 atom stereocenters. The van der Waals surface area contributed by atoms with Crippen molar-refractivity contribution in [2.24, 2.45) is 0 Å². The number of fused-ring (bicyclic) bond motifs is 1. The van der Waals surface area contributed by atoms with E-state index in [-0.39, 0.29) is 11.8 Å². The highest BCUT2D eigenvalue weighted by Crippen LogP contribution is 2.29. The molecule has 160 valence electrons. The summed E-state index contributed by atoms with van der Waals surface area (Å²) in [4.78, 5) is 31.2. The second-order valence-electron chi connectivity index (χ2n) is 7.63. The Labute approximate surface area is 185 Å². The van der Waals surface area contributed by atoms with Crippen molar-refractivity contribution in [2.45, 2.75) is 19.4 Å². The van der Waals surface area contributed by atoms with E-state index < -0.39 is 0 Å². The van der Waals surface area contributed by atoms with Gasteiger partial charge in [0.05, 0.1) is 17.1 Å². The maximum atomic E-state index is 12.8. The van der Waals surface area contributed by atoms with Crippen LogP contribution in [0.25, 0.3) is 5.65 Å². The molecule has 2 aromatic carbocycles. The Morgan fingerprint density at radius 1 is 1.03 bits per heavy atom. The first-order valence-corrected chi connectivity index (χ1v) is 10.5. The molecule has 1 aliphatic rings. The number of ether oxygens (including phenoxy) is 1. The van der Waals surface area contributed by atoms with Gasteiger partial charge in [-0.3, -0.25) is 9.59 Å². The van der Waals surface area contributed by atoms with Gasteiger partial charge in [0.2, 0.25) is 5.91 Å². The van der Waals surface area contributed by atoms with Crippen molar-refractivity contribution in [3.8, 4) is 5.75 Å². The van der Waals surface area contributed by atoms with Gasteiger partial charge >= 0.3 is 0 Å². The highest BCUT2D eigenvalue weighted by Gasteiger charge is 2.24. The summed E-state index contributed by atoms with van der Waals surface area (Å²) in [5.74, 6) is 0.497. The smallest absolute Gasteiger partial charge is 0.255 e. The molecule has 1 aliphatic heterocycles. The van der Waals surface area contributed by atoms with Crippen LogP contribution in [0.5, 0.6) is 5.75 Å². The van der Waals surface area contributed by atoms with Crippen LogP contribution in [-0.2, 0) is 11.4 Å². The molecule has 4 aromatic rings. The molecule has 2 aromatic heterocycles. The Morgan fingerprint density at radius 2 is 1.84 bits per heavy atom. The molecule has 1 fully saturated rings. The quantitative estimate of drug-likeness (QED) is 0.499. The van der Waals surface area contributed by atoms with Crippen molar-refractivity contribution in [3.05, 3.63) is 90.4 Å². The predicted molar refractivity (Wildman–Crippen MR) is 122 cm³/mol. The van der Waals surface area contributed by atoms with Crippen LogP contribution < -0.4 is 15.0 Å². The van der Waals surface area contributed by atoms with Crippen LogP contribution in [0, 0.1) is 0 Å². The monoisotopic (exact) mass is 426 g/mol. The summed E-state index contributed by atoms with van der Waals surface area (Å²) < 4.78 is 7.77. The van der Waals surface area contributed by atoms with Crippen LogP contribution in [0.3, 0.4) is 0 Å². The molecule has 0 spiro atoms. The topological polar surface area (TPSA) is 75.9 Å². The summed E-state index contributed by atoms with van der Waals surface area (Å²) in [7, 11) is 0. The van der Waals surface area contributed by atoms with E-state index in [9.17, 15) is 9.59 Å². The standard InChI is InChI=1S/C25H22N4O3/c30-24-9-5-15-29(24)22-7-2-1-6-21(22)27-25(31)18-10-12-20(13-11-18)32-17-19-16-28-14-4-3-8-23(28)26-19/h1-4,6-8,10-14,16H,5,9,15,17H2,(H,27,31). The van der Waals surface area contributed by atoms with E-state index in [2.05, 4.69) is 10.3 Å².